The first kappa shape index (κ1) is 17.3. The van der Waals surface area contributed by atoms with Crippen molar-refractivity contribution in [3.05, 3.63) is 59.8 Å². The maximum absolute atomic E-state index is 6.46. The van der Waals surface area contributed by atoms with Crippen LogP contribution in [0.5, 0.6) is 5.75 Å². The summed E-state index contributed by atoms with van der Waals surface area (Å²) in [5, 5.41) is 0. The zero-order valence-corrected chi connectivity index (χ0v) is 16.0. The van der Waals surface area contributed by atoms with Gasteiger partial charge in [0.2, 0.25) is 0 Å². The fraction of sp³-hybridized carbons (Fsp3) is 0.364. The molecule has 0 bridgehead atoms. The number of rotatable bonds is 1. The number of ether oxygens (including phenoxy) is 3. The molecule has 1 aromatic rings. The lowest BCUT2D eigenvalue weighted by Crippen LogP contribution is -2.71. The molecule has 4 heterocycles. The summed E-state index contributed by atoms with van der Waals surface area (Å²) in [7, 11) is 0. The molecule has 6 heteroatoms. The Morgan fingerprint density at radius 1 is 1.07 bits per heavy atom. The first-order valence-corrected chi connectivity index (χ1v) is 9.44. The van der Waals surface area contributed by atoms with E-state index in [1.165, 1.54) is 0 Å². The van der Waals surface area contributed by atoms with Crippen molar-refractivity contribution in [1.29, 1.82) is 0 Å². The predicted molar refractivity (Wildman–Crippen MR) is 108 cm³/mol. The molecule has 4 aliphatic heterocycles. The van der Waals surface area contributed by atoms with Gasteiger partial charge in [-0.15, -0.1) is 0 Å². The number of allylic oxidation sites excluding steroid dienone is 5. The van der Waals surface area contributed by atoms with Crippen molar-refractivity contribution in [2.75, 3.05) is 19.8 Å². The van der Waals surface area contributed by atoms with E-state index >= 15 is 0 Å². The lowest BCUT2D eigenvalue weighted by molar-refractivity contribution is -0.247. The quantitative estimate of drug-likeness (QED) is 0.816. The van der Waals surface area contributed by atoms with Crippen LogP contribution in [0.15, 0.2) is 58.7 Å². The highest BCUT2D eigenvalue weighted by atomic mass is 16.5. The molecule has 5 rings (SSSR count). The van der Waals surface area contributed by atoms with Gasteiger partial charge in [-0.3, -0.25) is 4.99 Å². The molecule has 0 aliphatic carbocycles. The number of nitrogens with zero attached hydrogens (tertiary/aromatic N) is 2. The molecular weight excluding hydrogens is 354 g/mol. The van der Waals surface area contributed by atoms with Gasteiger partial charge in [0.1, 0.15) is 23.5 Å². The molecule has 1 fully saturated rings. The molecule has 1 aromatic carbocycles. The zero-order valence-electron chi connectivity index (χ0n) is 16.0. The third-order valence-corrected chi connectivity index (χ3v) is 6.38. The molecule has 1 saturated heterocycles. The molecule has 2 spiro atoms. The molecule has 144 valence electrons. The van der Waals surface area contributed by atoms with Crippen molar-refractivity contribution in [2.24, 2.45) is 21.1 Å². The second-order valence-electron chi connectivity index (χ2n) is 8.12. The topological polar surface area (TPSA) is 78.4 Å². The maximum Gasteiger partial charge on any atom is 0.283 e. The Morgan fingerprint density at radius 3 is 2.64 bits per heavy atom. The first-order valence-electron chi connectivity index (χ1n) is 9.44. The summed E-state index contributed by atoms with van der Waals surface area (Å²) in [5.74, 6) is 0.812. The molecule has 0 aromatic heterocycles. The van der Waals surface area contributed by atoms with Gasteiger partial charge in [-0.1, -0.05) is 24.3 Å². The van der Waals surface area contributed by atoms with Crippen molar-refractivity contribution in [3.8, 4) is 5.75 Å². The van der Waals surface area contributed by atoms with Crippen molar-refractivity contribution >= 4 is 17.8 Å². The zero-order chi connectivity index (χ0) is 19.4. The fourth-order valence-electron chi connectivity index (χ4n) is 4.62. The lowest BCUT2D eigenvalue weighted by Gasteiger charge is -2.61. The molecule has 0 saturated carbocycles. The Labute approximate surface area is 164 Å². The summed E-state index contributed by atoms with van der Waals surface area (Å²) in [6.45, 7) is 5.70. The fourth-order valence-corrected chi connectivity index (χ4v) is 4.62. The van der Waals surface area contributed by atoms with E-state index in [1.807, 2.05) is 36.6 Å². The molecule has 0 radical (unpaired) electrons. The van der Waals surface area contributed by atoms with Gasteiger partial charge < -0.3 is 19.9 Å². The summed E-state index contributed by atoms with van der Waals surface area (Å²) < 4.78 is 17.8. The Bertz CT molecular complexity index is 983. The van der Waals surface area contributed by atoms with E-state index in [-0.39, 0.29) is 11.4 Å². The molecule has 2 N–H and O–H groups in total. The standard InChI is InChI=1S/C22H23N3O3/c1-20(2)21(12-26-13-21)22(14-27-19(23)25-22)17-10-15(7-8-18(17)28-20)16-6-4-3-5-9-24-11-16/h3-11H,12-14H2,1-2H3,(H2,23,25)/b4-3+,5-3?,6-4?,9-5+,16-6?,16-11?,24-9?,24-11?. The van der Waals surface area contributed by atoms with Gasteiger partial charge in [-0.05, 0) is 43.2 Å². The van der Waals surface area contributed by atoms with Gasteiger partial charge in [0.25, 0.3) is 6.02 Å². The van der Waals surface area contributed by atoms with Crippen LogP contribution in [0.3, 0.4) is 0 Å². The molecule has 1 unspecified atom stereocenters. The Morgan fingerprint density at radius 2 is 1.93 bits per heavy atom. The monoisotopic (exact) mass is 377 g/mol. The van der Waals surface area contributed by atoms with Crippen LogP contribution in [0, 0.1) is 5.41 Å². The van der Waals surface area contributed by atoms with Crippen molar-refractivity contribution in [2.45, 2.75) is 25.0 Å². The van der Waals surface area contributed by atoms with E-state index < -0.39 is 11.1 Å². The van der Waals surface area contributed by atoms with Gasteiger partial charge in [0.05, 0.1) is 18.6 Å². The maximum atomic E-state index is 6.46. The number of aliphatic imine (C=N–C) groups is 2. The van der Waals surface area contributed by atoms with E-state index in [0.717, 1.165) is 22.4 Å². The van der Waals surface area contributed by atoms with Crippen LogP contribution in [0.2, 0.25) is 0 Å². The van der Waals surface area contributed by atoms with Gasteiger partial charge in [-0.25, -0.2) is 4.99 Å². The summed E-state index contributed by atoms with van der Waals surface area (Å²) in [6.07, 6.45) is 11.5. The van der Waals surface area contributed by atoms with Gasteiger partial charge >= 0.3 is 0 Å². The van der Waals surface area contributed by atoms with Crippen LogP contribution in [0.25, 0.3) is 5.57 Å². The number of hydrogen-bond donors (Lipinski definition) is 1. The number of fused-ring (bicyclic) bond motifs is 3. The summed E-state index contributed by atoms with van der Waals surface area (Å²) in [6, 6.07) is 6.42. The Balaban J connectivity index is 1.70. The van der Waals surface area contributed by atoms with Crippen LogP contribution in [0.1, 0.15) is 25.0 Å². The van der Waals surface area contributed by atoms with E-state index in [9.17, 15) is 0 Å². The van der Waals surface area contributed by atoms with Gasteiger partial charge in [-0.2, -0.15) is 0 Å². The highest BCUT2D eigenvalue weighted by Crippen LogP contribution is 2.62. The third-order valence-electron chi connectivity index (χ3n) is 6.38. The summed E-state index contributed by atoms with van der Waals surface area (Å²) in [5.41, 5.74) is 7.62. The third kappa shape index (κ3) is 2.18. The van der Waals surface area contributed by atoms with Crippen LogP contribution in [0.4, 0.5) is 0 Å². The predicted octanol–water partition coefficient (Wildman–Crippen LogP) is 2.95. The van der Waals surface area contributed by atoms with Gasteiger partial charge in [0.15, 0.2) is 0 Å². The summed E-state index contributed by atoms with van der Waals surface area (Å²) >= 11 is 0. The number of amidine groups is 1. The van der Waals surface area contributed by atoms with Gasteiger partial charge in [0, 0.05) is 18.0 Å². The molecular formula is C22H23N3O3. The van der Waals surface area contributed by atoms with E-state index in [1.54, 1.807) is 6.20 Å². The summed E-state index contributed by atoms with van der Waals surface area (Å²) in [4.78, 5) is 9.18. The second-order valence-corrected chi connectivity index (χ2v) is 8.12. The smallest absolute Gasteiger partial charge is 0.283 e. The van der Waals surface area contributed by atoms with Crippen molar-refractivity contribution in [3.63, 3.8) is 0 Å². The van der Waals surface area contributed by atoms with Crippen LogP contribution in [-0.4, -0.2) is 37.7 Å². The minimum absolute atomic E-state index is 0.222. The Kier molecular flexibility index (Phi) is 3.58. The largest absolute Gasteiger partial charge is 0.487 e. The molecule has 4 aliphatic rings. The van der Waals surface area contributed by atoms with Crippen LogP contribution < -0.4 is 10.5 Å². The number of benzene rings is 1. The lowest BCUT2D eigenvalue weighted by atomic mass is 9.55. The van der Waals surface area contributed by atoms with E-state index in [2.05, 4.69) is 31.0 Å². The number of hydrogen-bond acceptors (Lipinski definition) is 6. The normalized spacial score (nSPS) is 30.8. The average Bonchev–Trinajstić information content (AvgIpc) is 2.95. The average molecular weight is 377 g/mol. The van der Waals surface area contributed by atoms with Crippen LogP contribution in [-0.2, 0) is 15.0 Å². The van der Waals surface area contributed by atoms with Crippen molar-refractivity contribution < 1.29 is 14.2 Å². The minimum Gasteiger partial charge on any atom is -0.487 e. The first-order chi connectivity index (χ1) is 13.5. The van der Waals surface area contributed by atoms with Crippen molar-refractivity contribution in [1.82, 2.24) is 0 Å². The molecule has 1 atom stereocenters. The SMILES string of the molecule is CC1(C)Oc2ccc(C3=C/C=C/C=C/N=C3)cc2C2(COC(N)=N2)C12COC2. The minimum atomic E-state index is -0.627. The van der Waals surface area contributed by atoms with Crippen LogP contribution >= 0.6 is 0 Å². The Hall–Kier alpha value is -2.86. The highest BCUT2D eigenvalue weighted by Gasteiger charge is 2.71. The number of nitrogens with two attached hydrogens (primary N) is 1. The molecule has 28 heavy (non-hydrogen) atoms. The molecule has 0 amide bonds. The van der Waals surface area contributed by atoms with E-state index in [4.69, 9.17) is 24.9 Å². The second kappa shape index (κ2) is 5.82. The van der Waals surface area contributed by atoms with E-state index in [0.29, 0.717) is 19.8 Å². The molecule has 6 nitrogen and oxygen atoms in total. The highest BCUT2D eigenvalue weighted by molar-refractivity contribution is 6.10.